The van der Waals surface area contributed by atoms with Crippen LogP contribution in [-0.4, -0.2) is 66.0 Å². The van der Waals surface area contributed by atoms with Gasteiger partial charge in [0.2, 0.25) is 11.7 Å². The van der Waals surface area contributed by atoms with E-state index < -0.39 is 30.8 Å². The molecule has 0 spiro atoms. The summed E-state index contributed by atoms with van der Waals surface area (Å²) in [5, 5.41) is 2.52. The number of esters is 1. The monoisotopic (exact) mass is 419 g/mol. The van der Waals surface area contributed by atoms with Crippen molar-refractivity contribution in [2.24, 2.45) is 5.92 Å². The number of aryl methyl sites for hydroxylation is 1. The molecular formula is C21H29N3O6. The summed E-state index contributed by atoms with van der Waals surface area (Å²) >= 11 is 0. The van der Waals surface area contributed by atoms with Gasteiger partial charge in [0.15, 0.2) is 6.61 Å². The van der Waals surface area contributed by atoms with Crippen molar-refractivity contribution in [1.82, 2.24) is 15.2 Å². The second kappa shape index (κ2) is 10.7. The third-order valence-corrected chi connectivity index (χ3v) is 5.05. The molecule has 1 saturated heterocycles. The van der Waals surface area contributed by atoms with Gasteiger partial charge >= 0.3 is 12.1 Å². The van der Waals surface area contributed by atoms with Crippen LogP contribution >= 0.6 is 0 Å². The van der Waals surface area contributed by atoms with Crippen LogP contribution in [0.4, 0.5) is 4.79 Å². The predicted octanol–water partition coefficient (Wildman–Crippen LogP) is 1.74. The molecule has 1 aliphatic heterocycles. The fraction of sp³-hybridized carbons (Fsp3) is 0.571. The topological polar surface area (TPSA) is 115 Å². The molecular weight excluding hydrogens is 390 g/mol. The van der Waals surface area contributed by atoms with Crippen molar-refractivity contribution in [3.63, 3.8) is 0 Å². The van der Waals surface area contributed by atoms with Crippen LogP contribution in [0, 0.1) is 5.92 Å². The molecule has 1 aliphatic rings. The number of hydrogen-bond acceptors (Lipinski definition) is 7. The number of rotatable bonds is 8. The van der Waals surface area contributed by atoms with Crippen molar-refractivity contribution in [2.45, 2.75) is 52.1 Å². The van der Waals surface area contributed by atoms with Crippen LogP contribution < -0.4 is 5.32 Å². The Morgan fingerprint density at radius 1 is 1.27 bits per heavy atom. The Kier molecular flexibility index (Phi) is 8.32. The van der Waals surface area contributed by atoms with Gasteiger partial charge in [0.25, 0.3) is 0 Å². The lowest BCUT2D eigenvalue weighted by Crippen LogP contribution is -2.54. The molecule has 0 aliphatic carbocycles. The Labute approximate surface area is 176 Å². The number of likely N-dealkylation sites (tertiary alicyclic amines) is 1. The zero-order chi connectivity index (χ0) is 22.3. The Balaban J connectivity index is 1.99. The first-order valence-electron chi connectivity index (χ1n) is 10.1. The molecule has 1 aromatic heterocycles. The number of nitrogens with zero attached hydrogens (tertiary/aromatic N) is 2. The fourth-order valence-corrected chi connectivity index (χ4v) is 3.27. The standard InChI is InChI=1S/C21H29N3O6/c1-5-15-9-8-14(11-22-15)17(25)12-30-20(27)16-7-6-10-24(16)19(26)18(13(2)3)23-21(28)29-4/h8-9,11,13,16,18H,5-7,10,12H2,1-4H3,(H,23,28). The van der Waals surface area contributed by atoms with Crippen LogP contribution in [0.1, 0.15) is 49.7 Å². The first-order chi connectivity index (χ1) is 14.3. The molecule has 2 heterocycles. The fourth-order valence-electron chi connectivity index (χ4n) is 3.27. The molecule has 2 unspecified atom stereocenters. The van der Waals surface area contributed by atoms with Crippen LogP contribution in [-0.2, 0) is 25.5 Å². The lowest BCUT2D eigenvalue weighted by Gasteiger charge is -2.29. The number of amides is 2. The molecule has 1 fully saturated rings. The van der Waals surface area contributed by atoms with Gasteiger partial charge in [-0.15, -0.1) is 0 Å². The molecule has 0 radical (unpaired) electrons. The predicted molar refractivity (Wildman–Crippen MR) is 108 cm³/mol. The van der Waals surface area contributed by atoms with Crippen molar-refractivity contribution in [3.05, 3.63) is 29.6 Å². The van der Waals surface area contributed by atoms with E-state index >= 15 is 0 Å². The first kappa shape index (κ1) is 23.3. The Morgan fingerprint density at radius 2 is 2.00 bits per heavy atom. The number of nitrogens with one attached hydrogen (secondary N) is 1. The molecule has 0 bridgehead atoms. The molecule has 9 nitrogen and oxygen atoms in total. The summed E-state index contributed by atoms with van der Waals surface area (Å²) in [6.45, 7) is 5.50. The van der Waals surface area contributed by atoms with Crippen molar-refractivity contribution >= 4 is 23.8 Å². The lowest BCUT2D eigenvalue weighted by molar-refractivity contribution is -0.153. The number of alkyl carbamates (subject to hydrolysis) is 1. The van der Waals surface area contributed by atoms with Gasteiger partial charge in [-0.1, -0.05) is 20.8 Å². The van der Waals surface area contributed by atoms with E-state index in [9.17, 15) is 19.2 Å². The van der Waals surface area contributed by atoms with E-state index in [0.29, 0.717) is 24.9 Å². The normalized spacial score (nSPS) is 16.8. The summed E-state index contributed by atoms with van der Waals surface area (Å²) in [6.07, 6.45) is 2.58. The molecule has 2 amide bonds. The molecule has 0 saturated carbocycles. The van der Waals surface area contributed by atoms with Crippen LogP contribution in [0.2, 0.25) is 0 Å². The summed E-state index contributed by atoms with van der Waals surface area (Å²) < 4.78 is 9.78. The SMILES string of the molecule is CCc1ccc(C(=O)COC(=O)C2CCCN2C(=O)C(NC(=O)OC)C(C)C)cn1. The summed E-state index contributed by atoms with van der Waals surface area (Å²) in [5.41, 5.74) is 1.23. The highest BCUT2D eigenvalue weighted by atomic mass is 16.5. The van der Waals surface area contributed by atoms with Gasteiger partial charge in [-0.25, -0.2) is 9.59 Å². The molecule has 30 heavy (non-hydrogen) atoms. The minimum atomic E-state index is -0.823. The summed E-state index contributed by atoms with van der Waals surface area (Å²) in [4.78, 5) is 54.9. The molecule has 0 aromatic carbocycles. The van der Waals surface area contributed by atoms with E-state index in [2.05, 4.69) is 15.0 Å². The third kappa shape index (κ3) is 5.77. The smallest absolute Gasteiger partial charge is 0.407 e. The van der Waals surface area contributed by atoms with Gasteiger partial charge in [-0.3, -0.25) is 14.6 Å². The van der Waals surface area contributed by atoms with Crippen LogP contribution in [0.15, 0.2) is 18.3 Å². The van der Waals surface area contributed by atoms with E-state index in [1.54, 1.807) is 26.0 Å². The van der Waals surface area contributed by atoms with Gasteiger partial charge in [0.05, 0.1) is 7.11 Å². The highest BCUT2D eigenvalue weighted by molar-refractivity contribution is 5.98. The van der Waals surface area contributed by atoms with Gasteiger partial charge < -0.3 is 19.7 Å². The van der Waals surface area contributed by atoms with Gasteiger partial charge in [-0.05, 0) is 37.3 Å². The lowest BCUT2D eigenvalue weighted by atomic mass is 10.0. The number of ketones is 1. The number of carbonyl (C=O) groups excluding carboxylic acids is 4. The molecule has 1 aromatic rings. The van der Waals surface area contributed by atoms with Crippen LogP contribution in [0.5, 0.6) is 0 Å². The molecule has 2 atom stereocenters. The van der Waals surface area contributed by atoms with E-state index in [-0.39, 0.29) is 17.6 Å². The Bertz CT molecular complexity index is 777. The van der Waals surface area contributed by atoms with E-state index in [4.69, 9.17) is 4.74 Å². The zero-order valence-electron chi connectivity index (χ0n) is 17.8. The average Bonchev–Trinajstić information content (AvgIpc) is 3.24. The van der Waals surface area contributed by atoms with Crippen LogP contribution in [0.25, 0.3) is 0 Å². The largest absolute Gasteiger partial charge is 0.456 e. The van der Waals surface area contributed by atoms with Gasteiger partial charge in [-0.2, -0.15) is 0 Å². The van der Waals surface area contributed by atoms with E-state index in [0.717, 1.165) is 12.1 Å². The van der Waals surface area contributed by atoms with Crippen molar-refractivity contribution < 1.29 is 28.7 Å². The highest BCUT2D eigenvalue weighted by Gasteiger charge is 2.39. The molecule has 9 heteroatoms. The van der Waals surface area contributed by atoms with Crippen molar-refractivity contribution in [3.8, 4) is 0 Å². The van der Waals surface area contributed by atoms with Crippen molar-refractivity contribution in [1.29, 1.82) is 0 Å². The Hall–Kier alpha value is -2.97. The maximum Gasteiger partial charge on any atom is 0.407 e. The van der Waals surface area contributed by atoms with Crippen molar-refractivity contribution in [2.75, 3.05) is 20.3 Å². The number of methoxy groups -OCH3 is 1. The molecule has 164 valence electrons. The average molecular weight is 419 g/mol. The number of Topliss-reactive ketones (excluding diaryl/α,β-unsaturated/α-hetero) is 1. The Morgan fingerprint density at radius 3 is 2.57 bits per heavy atom. The first-order valence-corrected chi connectivity index (χ1v) is 10.1. The maximum absolute atomic E-state index is 12.9. The number of aromatic nitrogens is 1. The minimum absolute atomic E-state index is 0.200. The number of pyridine rings is 1. The maximum atomic E-state index is 12.9. The van der Waals surface area contributed by atoms with E-state index in [1.165, 1.54) is 18.2 Å². The molecule has 1 N–H and O–H groups in total. The number of carbonyl (C=O) groups is 4. The number of hydrogen-bond donors (Lipinski definition) is 1. The summed E-state index contributed by atoms with van der Waals surface area (Å²) in [6, 6.07) is 1.80. The molecule has 2 rings (SSSR count). The minimum Gasteiger partial charge on any atom is -0.456 e. The van der Waals surface area contributed by atoms with Crippen LogP contribution in [0.3, 0.4) is 0 Å². The number of ether oxygens (including phenoxy) is 2. The quantitative estimate of drug-likeness (QED) is 0.504. The second-order valence-corrected chi connectivity index (χ2v) is 7.47. The summed E-state index contributed by atoms with van der Waals surface area (Å²) in [7, 11) is 1.22. The second-order valence-electron chi connectivity index (χ2n) is 7.47. The zero-order valence-corrected chi connectivity index (χ0v) is 17.8. The highest BCUT2D eigenvalue weighted by Crippen LogP contribution is 2.21. The third-order valence-electron chi connectivity index (χ3n) is 5.05. The summed E-state index contributed by atoms with van der Waals surface area (Å²) in [5.74, 6) is -1.57. The van der Waals surface area contributed by atoms with Gasteiger partial charge in [0.1, 0.15) is 12.1 Å². The van der Waals surface area contributed by atoms with Gasteiger partial charge in [0, 0.05) is 24.0 Å². The van der Waals surface area contributed by atoms with E-state index in [1.807, 2.05) is 6.92 Å².